The van der Waals surface area contributed by atoms with Gasteiger partial charge < -0.3 is 16.0 Å². The van der Waals surface area contributed by atoms with E-state index in [1.54, 1.807) is 6.33 Å². The smallest absolute Gasteiger partial charge is 0.134 e. The Labute approximate surface area is 102 Å². The maximum absolute atomic E-state index is 5.98. The maximum atomic E-state index is 5.98. The molecule has 1 aliphatic rings. The van der Waals surface area contributed by atoms with Crippen molar-refractivity contribution in [2.45, 2.75) is 32.2 Å². The number of piperidine rings is 1. The number of hydrogen-bond acceptors (Lipinski definition) is 5. The summed E-state index contributed by atoms with van der Waals surface area (Å²) < 4.78 is 0. The van der Waals surface area contributed by atoms with Crippen molar-refractivity contribution in [2.75, 3.05) is 29.9 Å². The monoisotopic (exact) mass is 235 g/mol. The summed E-state index contributed by atoms with van der Waals surface area (Å²) >= 11 is 0. The summed E-state index contributed by atoms with van der Waals surface area (Å²) in [6, 6.07) is 2.28. The first kappa shape index (κ1) is 12.1. The zero-order chi connectivity index (χ0) is 12.1. The minimum absolute atomic E-state index is 0.269. The molecule has 1 atom stereocenters. The van der Waals surface area contributed by atoms with Crippen molar-refractivity contribution in [3.8, 4) is 0 Å². The second-order valence-corrected chi connectivity index (χ2v) is 4.54. The highest BCUT2D eigenvalue weighted by molar-refractivity contribution is 5.48. The lowest BCUT2D eigenvalue weighted by Gasteiger charge is -2.31. The highest BCUT2D eigenvalue weighted by Crippen LogP contribution is 2.18. The van der Waals surface area contributed by atoms with Crippen LogP contribution in [0, 0.1) is 0 Å². The molecule has 5 nitrogen and oxygen atoms in total. The van der Waals surface area contributed by atoms with Gasteiger partial charge in [0.05, 0.1) is 0 Å². The molecular weight excluding hydrogens is 214 g/mol. The summed E-state index contributed by atoms with van der Waals surface area (Å²) in [6.07, 6.45) is 4.97. The van der Waals surface area contributed by atoms with E-state index in [4.69, 9.17) is 5.73 Å². The summed E-state index contributed by atoms with van der Waals surface area (Å²) in [5, 5.41) is 3.28. The average molecular weight is 235 g/mol. The predicted molar refractivity (Wildman–Crippen MR) is 70.2 cm³/mol. The van der Waals surface area contributed by atoms with Crippen LogP contribution in [0.5, 0.6) is 0 Å². The predicted octanol–water partition coefficient (Wildman–Crippen LogP) is 1.23. The van der Waals surface area contributed by atoms with Gasteiger partial charge in [-0.1, -0.05) is 6.92 Å². The number of nitrogens with zero attached hydrogens (tertiary/aromatic N) is 3. The maximum Gasteiger partial charge on any atom is 0.134 e. The van der Waals surface area contributed by atoms with Crippen molar-refractivity contribution in [1.29, 1.82) is 0 Å². The number of anilines is 2. The molecule has 17 heavy (non-hydrogen) atoms. The van der Waals surface area contributed by atoms with Gasteiger partial charge in [0.2, 0.25) is 0 Å². The van der Waals surface area contributed by atoms with Gasteiger partial charge in [0.25, 0.3) is 0 Å². The standard InChI is InChI=1S/C12H21N5/c1-2-5-14-11-7-12(16-9-15-11)17-6-3-4-10(13)8-17/h7,9-10H,2-6,8,13H2,1H3,(H,14,15,16). The number of nitrogens with two attached hydrogens (primary N) is 1. The Hall–Kier alpha value is -1.36. The first-order valence-electron chi connectivity index (χ1n) is 6.36. The lowest BCUT2D eigenvalue weighted by Crippen LogP contribution is -2.43. The van der Waals surface area contributed by atoms with E-state index in [2.05, 4.69) is 27.1 Å². The molecule has 1 fully saturated rings. The van der Waals surface area contributed by atoms with E-state index in [9.17, 15) is 0 Å². The third-order valence-electron chi connectivity index (χ3n) is 2.99. The minimum atomic E-state index is 0.269. The van der Waals surface area contributed by atoms with Crippen LogP contribution < -0.4 is 16.0 Å². The first-order valence-corrected chi connectivity index (χ1v) is 6.36. The van der Waals surface area contributed by atoms with Crippen LogP contribution in [-0.4, -0.2) is 35.6 Å². The van der Waals surface area contributed by atoms with E-state index in [1.807, 2.05) is 6.07 Å². The van der Waals surface area contributed by atoms with Gasteiger partial charge in [-0.15, -0.1) is 0 Å². The molecule has 0 spiro atoms. The number of hydrogen-bond donors (Lipinski definition) is 2. The lowest BCUT2D eigenvalue weighted by atomic mass is 10.1. The van der Waals surface area contributed by atoms with Gasteiger partial charge in [-0.05, 0) is 19.3 Å². The molecule has 1 unspecified atom stereocenters. The van der Waals surface area contributed by atoms with Crippen LogP contribution in [0.25, 0.3) is 0 Å². The van der Waals surface area contributed by atoms with E-state index >= 15 is 0 Å². The minimum Gasteiger partial charge on any atom is -0.370 e. The average Bonchev–Trinajstić information content (AvgIpc) is 2.37. The summed E-state index contributed by atoms with van der Waals surface area (Å²) in [4.78, 5) is 10.8. The summed E-state index contributed by atoms with van der Waals surface area (Å²) in [7, 11) is 0. The van der Waals surface area contributed by atoms with Gasteiger partial charge in [0, 0.05) is 31.7 Å². The SMILES string of the molecule is CCCNc1cc(N2CCCC(N)C2)ncn1. The Bertz CT molecular complexity index is 355. The molecule has 2 rings (SSSR count). The third-order valence-corrected chi connectivity index (χ3v) is 2.99. The lowest BCUT2D eigenvalue weighted by molar-refractivity contribution is 0.503. The van der Waals surface area contributed by atoms with Crippen molar-refractivity contribution in [3.05, 3.63) is 12.4 Å². The van der Waals surface area contributed by atoms with Gasteiger partial charge >= 0.3 is 0 Å². The van der Waals surface area contributed by atoms with Gasteiger partial charge in [-0.25, -0.2) is 9.97 Å². The Kier molecular flexibility index (Phi) is 4.14. The highest BCUT2D eigenvalue weighted by Gasteiger charge is 2.18. The second kappa shape index (κ2) is 5.82. The molecule has 3 N–H and O–H groups in total. The van der Waals surface area contributed by atoms with Gasteiger partial charge in [0.15, 0.2) is 0 Å². The van der Waals surface area contributed by atoms with E-state index in [0.717, 1.165) is 50.5 Å². The molecular formula is C12H21N5. The first-order chi connectivity index (χ1) is 8.29. The topological polar surface area (TPSA) is 67.1 Å². The number of rotatable bonds is 4. The Morgan fingerprint density at radius 1 is 1.53 bits per heavy atom. The van der Waals surface area contributed by atoms with Crippen LogP contribution in [0.4, 0.5) is 11.6 Å². The van der Waals surface area contributed by atoms with Crippen LogP contribution >= 0.6 is 0 Å². The van der Waals surface area contributed by atoms with Crippen molar-refractivity contribution < 1.29 is 0 Å². The van der Waals surface area contributed by atoms with Gasteiger partial charge in [0.1, 0.15) is 18.0 Å². The van der Waals surface area contributed by atoms with Crippen LogP contribution in [-0.2, 0) is 0 Å². The molecule has 2 heterocycles. The van der Waals surface area contributed by atoms with Crippen molar-refractivity contribution in [2.24, 2.45) is 5.73 Å². The van der Waals surface area contributed by atoms with Crippen LogP contribution in [0.2, 0.25) is 0 Å². The number of nitrogens with one attached hydrogen (secondary N) is 1. The second-order valence-electron chi connectivity index (χ2n) is 4.54. The van der Waals surface area contributed by atoms with E-state index in [0.29, 0.717) is 0 Å². The van der Waals surface area contributed by atoms with Gasteiger partial charge in [-0.3, -0.25) is 0 Å². The Balaban J connectivity index is 2.04. The molecule has 1 aliphatic heterocycles. The van der Waals surface area contributed by atoms with Crippen LogP contribution in [0.15, 0.2) is 12.4 Å². The van der Waals surface area contributed by atoms with Crippen molar-refractivity contribution in [1.82, 2.24) is 9.97 Å². The van der Waals surface area contributed by atoms with Crippen molar-refractivity contribution >= 4 is 11.6 Å². The molecule has 0 amide bonds. The van der Waals surface area contributed by atoms with Gasteiger partial charge in [-0.2, -0.15) is 0 Å². The molecule has 5 heteroatoms. The summed E-state index contributed by atoms with van der Waals surface area (Å²) in [5.74, 6) is 1.88. The van der Waals surface area contributed by atoms with E-state index in [1.165, 1.54) is 0 Å². The fraction of sp³-hybridized carbons (Fsp3) is 0.667. The van der Waals surface area contributed by atoms with Crippen LogP contribution in [0.3, 0.4) is 0 Å². The largest absolute Gasteiger partial charge is 0.370 e. The molecule has 94 valence electrons. The van der Waals surface area contributed by atoms with E-state index < -0.39 is 0 Å². The molecule has 1 aromatic heterocycles. The van der Waals surface area contributed by atoms with E-state index in [-0.39, 0.29) is 6.04 Å². The fourth-order valence-electron chi connectivity index (χ4n) is 2.09. The summed E-state index contributed by atoms with van der Waals surface area (Å²) in [5.41, 5.74) is 5.98. The highest BCUT2D eigenvalue weighted by atomic mass is 15.2. The molecule has 0 saturated carbocycles. The fourth-order valence-corrected chi connectivity index (χ4v) is 2.09. The normalized spacial score (nSPS) is 20.4. The molecule has 1 saturated heterocycles. The molecule has 0 aliphatic carbocycles. The Morgan fingerprint density at radius 3 is 3.18 bits per heavy atom. The zero-order valence-corrected chi connectivity index (χ0v) is 10.4. The van der Waals surface area contributed by atoms with Crippen molar-refractivity contribution in [3.63, 3.8) is 0 Å². The third kappa shape index (κ3) is 3.30. The Morgan fingerprint density at radius 2 is 2.41 bits per heavy atom. The molecule has 1 aromatic rings. The quantitative estimate of drug-likeness (QED) is 0.821. The zero-order valence-electron chi connectivity index (χ0n) is 10.4. The molecule has 0 radical (unpaired) electrons. The molecule has 0 aromatic carbocycles. The number of aromatic nitrogens is 2. The summed E-state index contributed by atoms with van der Waals surface area (Å²) in [6.45, 7) is 5.01. The molecule has 0 bridgehead atoms. The van der Waals surface area contributed by atoms with Crippen LogP contribution in [0.1, 0.15) is 26.2 Å².